The number of para-hydroxylation sites is 1. The van der Waals surface area contributed by atoms with Gasteiger partial charge >= 0.3 is 5.97 Å². The first-order chi connectivity index (χ1) is 6.68. The van der Waals surface area contributed by atoms with Crippen molar-refractivity contribution in [3.8, 4) is 5.75 Å². The molecule has 1 rings (SSSR count). The Morgan fingerprint density at radius 3 is 2.50 bits per heavy atom. The number of hydrogen-bond donors (Lipinski definition) is 0. The lowest BCUT2D eigenvalue weighted by Crippen LogP contribution is -2.03. The van der Waals surface area contributed by atoms with Crippen molar-refractivity contribution in [2.45, 2.75) is 13.8 Å². The molecule has 0 amide bonds. The van der Waals surface area contributed by atoms with Crippen LogP contribution in [-0.2, 0) is 4.79 Å². The van der Waals surface area contributed by atoms with Crippen molar-refractivity contribution < 1.29 is 9.53 Å². The molecule has 0 radical (unpaired) electrons. The summed E-state index contributed by atoms with van der Waals surface area (Å²) in [6.45, 7) is 4.01. The maximum Gasteiger partial charge on any atom is 0.335 e. The van der Waals surface area contributed by atoms with Crippen LogP contribution in [-0.4, -0.2) is 5.97 Å². The lowest BCUT2D eigenvalue weighted by molar-refractivity contribution is -0.129. The van der Waals surface area contributed by atoms with Gasteiger partial charge in [0.2, 0.25) is 0 Å². The van der Waals surface area contributed by atoms with Gasteiger partial charge in [-0.1, -0.05) is 38.1 Å². The van der Waals surface area contributed by atoms with Crippen molar-refractivity contribution in [1.82, 2.24) is 0 Å². The summed E-state index contributed by atoms with van der Waals surface area (Å²) in [6, 6.07) is 9.03. The normalized spacial score (nSPS) is 10.8. The van der Waals surface area contributed by atoms with Gasteiger partial charge in [-0.25, -0.2) is 4.79 Å². The number of benzene rings is 1. The predicted molar refractivity (Wildman–Crippen MR) is 56.1 cm³/mol. The summed E-state index contributed by atoms with van der Waals surface area (Å²) in [5.74, 6) is 0.606. The van der Waals surface area contributed by atoms with Crippen molar-refractivity contribution in [3.63, 3.8) is 0 Å². The maximum atomic E-state index is 11.2. The van der Waals surface area contributed by atoms with Crippen molar-refractivity contribution in [3.05, 3.63) is 42.5 Å². The lowest BCUT2D eigenvalue weighted by Gasteiger charge is -2.00. The minimum absolute atomic E-state index is 0.329. The van der Waals surface area contributed by atoms with Gasteiger partial charge in [-0.05, 0) is 18.1 Å². The van der Waals surface area contributed by atoms with Crippen LogP contribution in [0.4, 0.5) is 0 Å². The molecule has 0 saturated heterocycles. The van der Waals surface area contributed by atoms with Crippen LogP contribution >= 0.6 is 0 Å². The van der Waals surface area contributed by atoms with Gasteiger partial charge in [0.15, 0.2) is 0 Å². The smallest absolute Gasteiger partial charge is 0.335 e. The third kappa shape index (κ3) is 3.90. The third-order valence-electron chi connectivity index (χ3n) is 1.58. The van der Waals surface area contributed by atoms with Crippen LogP contribution in [0.1, 0.15) is 13.8 Å². The molecule has 1 aromatic carbocycles. The molecule has 0 aliphatic carbocycles. The molecule has 0 N–H and O–H groups in total. The zero-order chi connectivity index (χ0) is 10.4. The zero-order valence-corrected chi connectivity index (χ0v) is 8.44. The van der Waals surface area contributed by atoms with Crippen LogP contribution in [0, 0.1) is 5.92 Å². The third-order valence-corrected chi connectivity index (χ3v) is 1.58. The van der Waals surface area contributed by atoms with E-state index in [0.717, 1.165) is 0 Å². The highest BCUT2D eigenvalue weighted by molar-refractivity contribution is 5.83. The summed E-state index contributed by atoms with van der Waals surface area (Å²) in [6.07, 6.45) is 3.27. The minimum Gasteiger partial charge on any atom is -0.423 e. The Balaban J connectivity index is 2.50. The number of hydrogen-bond acceptors (Lipinski definition) is 2. The van der Waals surface area contributed by atoms with E-state index in [1.54, 1.807) is 12.1 Å². The van der Waals surface area contributed by atoms with Crippen LogP contribution in [0.3, 0.4) is 0 Å². The van der Waals surface area contributed by atoms with Gasteiger partial charge in [0, 0.05) is 6.08 Å². The average molecular weight is 190 g/mol. The standard InChI is InChI=1S/C12H14O2/c1-10(2)8-9-12(13)14-11-6-4-3-5-7-11/h3-10H,1-2H3/b9-8+. The minimum atomic E-state index is -0.329. The topological polar surface area (TPSA) is 26.3 Å². The van der Waals surface area contributed by atoms with Gasteiger partial charge in [-0.3, -0.25) is 0 Å². The second kappa shape index (κ2) is 5.22. The Morgan fingerprint density at radius 1 is 1.29 bits per heavy atom. The van der Waals surface area contributed by atoms with Crippen molar-refractivity contribution in [2.75, 3.05) is 0 Å². The van der Waals surface area contributed by atoms with Gasteiger partial charge in [-0.2, -0.15) is 0 Å². The maximum absolute atomic E-state index is 11.2. The van der Waals surface area contributed by atoms with Crippen LogP contribution < -0.4 is 4.74 Å². The summed E-state index contributed by atoms with van der Waals surface area (Å²) < 4.78 is 5.04. The molecule has 0 spiro atoms. The predicted octanol–water partition coefficient (Wildman–Crippen LogP) is 2.80. The monoisotopic (exact) mass is 190 g/mol. The van der Waals surface area contributed by atoms with Crippen LogP contribution in [0.15, 0.2) is 42.5 Å². The molecule has 1 aromatic rings. The molecule has 0 saturated carbocycles. The number of allylic oxidation sites excluding steroid dienone is 1. The summed E-state index contributed by atoms with van der Waals surface area (Å²) in [5.41, 5.74) is 0. The molecule has 0 atom stereocenters. The van der Waals surface area contributed by atoms with E-state index in [1.165, 1.54) is 6.08 Å². The van der Waals surface area contributed by atoms with Crippen LogP contribution in [0.25, 0.3) is 0 Å². The van der Waals surface area contributed by atoms with Crippen LogP contribution in [0.2, 0.25) is 0 Å². The fraction of sp³-hybridized carbons (Fsp3) is 0.250. The fourth-order valence-corrected chi connectivity index (χ4v) is 0.910. The van der Waals surface area contributed by atoms with Crippen molar-refractivity contribution >= 4 is 5.97 Å². The number of rotatable bonds is 3. The van der Waals surface area contributed by atoms with E-state index in [-0.39, 0.29) is 5.97 Å². The number of esters is 1. The SMILES string of the molecule is CC(C)/C=C/C(=O)Oc1ccccc1. The molecule has 0 unspecified atom stereocenters. The number of carbonyl (C=O) groups excluding carboxylic acids is 1. The summed E-state index contributed by atoms with van der Waals surface area (Å²) in [4.78, 5) is 11.2. The van der Waals surface area contributed by atoms with Gasteiger partial charge in [0.05, 0.1) is 0 Å². The molecule has 0 heterocycles. The van der Waals surface area contributed by atoms with E-state index in [2.05, 4.69) is 0 Å². The molecule has 14 heavy (non-hydrogen) atoms. The quantitative estimate of drug-likeness (QED) is 0.416. The molecule has 0 aliphatic heterocycles. The molecule has 2 nitrogen and oxygen atoms in total. The summed E-state index contributed by atoms with van der Waals surface area (Å²) in [7, 11) is 0. The van der Waals surface area contributed by atoms with E-state index < -0.39 is 0 Å². The zero-order valence-electron chi connectivity index (χ0n) is 8.44. The Hall–Kier alpha value is -1.57. The molecule has 0 fully saturated rings. The summed E-state index contributed by atoms with van der Waals surface area (Å²) in [5, 5.41) is 0. The molecular formula is C12H14O2. The van der Waals surface area contributed by atoms with E-state index in [0.29, 0.717) is 11.7 Å². The van der Waals surface area contributed by atoms with Gasteiger partial charge < -0.3 is 4.74 Å². The van der Waals surface area contributed by atoms with E-state index in [4.69, 9.17) is 4.74 Å². The van der Waals surface area contributed by atoms with Crippen LogP contribution in [0.5, 0.6) is 5.75 Å². The molecule has 2 heteroatoms. The van der Waals surface area contributed by atoms with Gasteiger partial charge in [0.25, 0.3) is 0 Å². The lowest BCUT2D eigenvalue weighted by atomic mass is 10.2. The average Bonchev–Trinajstić information content (AvgIpc) is 2.16. The highest BCUT2D eigenvalue weighted by atomic mass is 16.5. The molecule has 74 valence electrons. The largest absolute Gasteiger partial charge is 0.423 e. The first kappa shape index (κ1) is 10.5. The molecule has 0 bridgehead atoms. The molecule has 0 aromatic heterocycles. The van der Waals surface area contributed by atoms with Crippen molar-refractivity contribution in [2.24, 2.45) is 5.92 Å². The Morgan fingerprint density at radius 2 is 1.93 bits per heavy atom. The highest BCUT2D eigenvalue weighted by Crippen LogP contribution is 2.08. The first-order valence-electron chi connectivity index (χ1n) is 4.63. The number of carbonyl (C=O) groups is 1. The molecular weight excluding hydrogens is 176 g/mol. The molecule has 0 aliphatic rings. The van der Waals surface area contributed by atoms with Gasteiger partial charge in [0.1, 0.15) is 5.75 Å². The highest BCUT2D eigenvalue weighted by Gasteiger charge is 1.98. The Bertz CT molecular complexity index is 312. The van der Waals surface area contributed by atoms with Crippen molar-refractivity contribution in [1.29, 1.82) is 0 Å². The van der Waals surface area contributed by atoms with E-state index in [1.807, 2.05) is 38.1 Å². The number of ether oxygens (including phenoxy) is 1. The fourth-order valence-electron chi connectivity index (χ4n) is 0.910. The second-order valence-electron chi connectivity index (χ2n) is 3.34. The van der Waals surface area contributed by atoms with Gasteiger partial charge in [-0.15, -0.1) is 0 Å². The van der Waals surface area contributed by atoms with E-state index >= 15 is 0 Å². The first-order valence-corrected chi connectivity index (χ1v) is 4.63. The Labute approximate surface area is 84.2 Å². The summed E-state index contributed by atoms with van der Waals surface area (Å²) >= 11 is 0. The Kier molecular flexibility index (Phi) is 3.92. The second-order valence-corrected chi connectivity index (χ2v) is 3.34. The van der Waals surface area contributed by atoms with E-state index in [9.17, 15) is 4.79 Å².